The van der Waals surface area contributed by atoms with E-state index in [4.69, 9.17) is 0 Å². The second-order valence-corrected chi connectivity index (χ2v) is 4.66. The molecule has 0 radical (unpaired) electrons. The van der Waals surface area contributed by atoms with Gasteiger partial charge in [-0.05, 0) is 49.1 Å². The topological polar surface area (TPSA) is 54.9 Å². The lowest BCUT2D eigenvalue weighted by molar-refractivity contribution is -0.115. The van der Waals surface area contributed by atoms with Gasteiger partial charge in [-0.2, -0.15) is 0 Å². The maximum atomic E-state index is 11.9. The average Bonchev–Trinajstić information content (AvgIpc) is 2.37. The Morgan fingerprint density at radius 1 is 1.05 bits per heavy atom. The second-order valence-electron chi connectivity index (χ2n) is 4.66. The van der Waals surface area contributed by atoms with Crippen molar-refractivity contribution in [3.05, 3.63) is 52.8 Å². The SMILES string of the molecule is Cc1cc(C)c(CC(=O)Nc2ncccn2)cc1C. The number of nitrogens with zero attached hydrogens (tertiary/aromatic N) is 2. The van der Waals surface area contributed by atoms with E-state index >= 15 is 0 Å². The lowest BCUT2D eigenvalue weighted by Crippen LogP contribution is -2.16. The molecule has 0 aliphatic carbocycles. The highest BCUT2D eigenvalue weighted by Gasteiger charge is 2.09. The summed E-state index contributed by atoms with van der Waals surface area (Å²) in [6, 6.07) is 5.89. The first-order chi connectivity index (χ1) is 9.06. The number of benzene rings is 1. The fraction of sp³-hybridized carbons (Fsp3) is 0.267. The monoisotopic (exact) mass is 255 g/mol. The summed E-state index contributed by atoms with van der Waals surface area (Å²) in [7, 11) is 0. The second kappa shape index (κ2) is 5.61. The van der Waals surface area contributed by atoms with Gasteiger partial charge in [0.25, 0.3) is 0 Å². The molecule has 1 aromatic heterocycles. The predicted molar refractivity (Wildman–Crippen MR) is 75.0 cm³/mol. The smallest absolute Gasteiger partial charge is 0.231 e. The van der Waals surface area contributed by atoms with Gasteiger partial charge >= 0.3 is 0 Å². The molecule has 1 N–H and O–H groups in total. The van der Waals surface area contributed by atoms with Crippen LogP contribution in [0.1, 0.15) is 22.3 Å². The van der Waals surface area contributed by atoms with Gasteiger partial charge in [0.2, 0.25) is 11.9 Å². The summed E-state index contributed by atoms with van der Waals surface area (Å²) in [5, 5.41) is 2.69. The molecule has 0 atom stereocenters. The number of carbonyl (C=O) groups excluding carboxylic acids is 1. The Morgan fingerprint density at radius 2 is 1.68 bits per heavy atom. The van der Waals surface area contributed by atoms with E-state index in [-0.39, 0.29) is 5.91 Å². The quantitative estimate of drug-likeness (QED) is 0.917. The van der Waals surface area contributed by atoms with E-state index < -0.39 is 0 Å². The molecule has 1 heterocycles. The van der Waals surface area contributed by atoms with Gasteiger partial charge in [-0.1, -0.05) is 12.1 Å². The largest absolute Gasteiger partial charge is 0.294 e. The summed E-state index contributed by atoms with van der Waals surface area (Å²) in [4.78, 5) is 19.9. The van der Waals surface area contributed by atoms with Crippen molar-refractivity contribution >= 4 is 11.9 Å². The summed E-state index contributed by atoms with van der Waals surface area (Å²) in [5.74, 6) is 0.242. The number of aryl methyl sites for hydroxylation is 3. The molecule has 2 rings (SSSR count). The molecule has 0 spiro atoms. The minimum absolute atomic E-state index is 0.0995. The number of hydrogen-bond acceptors (Lipinski definition) is 3. The van der Waals surface area contributed by atoms with Crippen LogP contribution in [0.15, 0.2) is 30.6 Å². The van der Waals surface area contributed by atoms with Crippen LogP contribution in [-0.4, -0.2) is 15.9 Å². The zero-order chi connectivity index (χ0) is 13.8. The van der Waals surface area contributed by atoms with Gasteiger partial charge in [0.1, 0.15) is 0 Å². The fourth-order valence-corrected chi connectivity index (χ4v) is 1.92. The van der Waals surface area contributed by atoms with E-state index in [0.717, 1.165) is 11.1 Å². The van der Waals surface area contributed by atoms with Gasteiger partial charge < -0.3 is 0 Å². The molecular weight excluding hydrogens is 238 g/mol. The maximum Gasteiger partial charge on any atom is 0.231 e. The van der Waals surface area contributed by atoms with E-state index in [1.165, 1.54) is 11.1 Å². The molecule has 0 unspecified atom stereocenters. The molecule has 0 fully saturated rings. The molecule has 98 valence electrons. The minimum atomic E-state index is -0.0995. The molecule has 1 aromatic carbocycles. The summed E-state index contributed by atoms with van der Waals surface area (Å²) >= 11 is 0. The van der Waals surface area contributed by atoms with E-state index in [1.807, 2.05) is 6.92 Å². The van der Waals surface area contributed by atoms with Gasteiger partial charge in [0, 0.05) is 12.4 Å². The average molecular weight is 255 g/mol. The van der Waals surface area contributed by atoms with Crippen molar-refractivity contribution in [2.24, 2.45) is 0 Å². The number of amides is 1. The third-order valence-electron chi connectivity index (χ3n) is 3.12. The fourth-order valence-electron chi connectivity index (χ4n) is 1.92. The van der Waals surface area contributed by atoms with Crippen LogP contribution in [0.4, 0.5) is 5.95 Å². The Kier molecular flexibility index (Phi) is 3.90. The summed E-state index contributed by atoms with van der Waals surface area (Å²) in [5.41, 5.74) is 4.61. The predicted octanol–water partition coefficient (Wildman–Crippen LogP) is 2.58. The molecule has 0 aliphatic rings. The van der Waals surface area contributed by atoms with Gasteiger partial charge in [0.05, 0.1) is 6.42 Å². The van der Waals surface area contributed by atoms with Crippen LogP contribution < -0.4 is 5.32 Å². The van der Waals surface area contributed by atoms with Gasteiger partial charge in [-0.15, -0.1) is 0 Å². The summed E-state index contributed by atoms with van der Waals surface area (Å²) < 4.78 is 0. The zero-order valence-electron chi connectivity index (χ0n) is 11.4. The Morgan fingerprint density at radius 3 is 2.37 bits per heavy atom. The highest BCUT2D eigenvalue weighted by molar-refractivity contribution is 5.90. The van der Waals surface area contributed by atoms with Crippen molar-refractivity contribution < 1.29 is 4.79 Å². The first-order valence-electron chi connectivity index (χ1n) is 6.20. The van der Waals surface area contributed by atoms with Crippen LogP contribution in [-0.2, 0) is 11.2 Å². The van der Waals surface area contributed by atoms with Crippen molar-refractivity contribution in [3.8, 4) is 0 Å². The van der Waals surface area contributed by atoms with Crippen LogP contribution in [0.25, 0.3) is 0 Å². The zero-order valence-corrected chi connectivity index (χ0v) is 11.4. The lowest BCUT2D eigenvalue weighted by atomic mass is 9.98. The van der Waals surface area contributed by atoms with Crippen molar-refractivity contribution in [2.75, 3.05) is 5.32 Å². The first-order valence-corrected chi connectivity index (χ1v) is 6.20. The molecule has 4 heteroatoms. The van der Waals surface area contributed by atoms with Crippen molar-refractivity contribution in [1.29, 1.82) is 0 Å². The van der Waals surface area contributed by atoms with E-state index in [0.29, 0.717) is 12.4 Å². The standard InChI is InChI=1S/C15H17N3O/c1-10-7-12(3)13(8-11(10)2)9-14(19)18-15-16-5-4-6-17-15/h4-8H,9H2,1-3H3,(H,16,17,18,19). The van der Waals surface area contributed by atoms with Crippen molar-refractivity contribution in [2.45, 2.75) is 27.2 Å². The summed E-state index contributed by atoms with van der Waals surface area (Å²) in [6.07, 6.45) is 3.54. The van der Waals surface area contributed by atoms with Gasteiger partial charge in [-0.3, -0.25) is 10.1 Å². The molecule has 4 nitrogen and oxygen atoms in total. The molecule has 1 amide bonds. The van der Waals surface area contributed by atoms with E-state index in [1.54, 1.807) is 18.5 Å². The molecule has 0 aliphatic heterocycles. The third-order valence-corrected chi connectivity index (χ3v) is 3.12. The Bertz CT molecular complexity index is 594. The van der Waals surface area contributed by atoms with Crippen molar-refractivity contribution in [3.63, 3.8) is 0 Å². The molecule has 2 aromatic rings. The molecule has 0 saturated carbocycles. The lowest BCUT2D eigenvalue weighted by Gasteiger charge is -2.09. The molecule has 0 saturated heterocycles. The summed E-state index contributed by atoms with van der Waals surface area (Å²) in [6.45, 7) is 6.15. The van der Waals surface area contributed by atoms with Crippen LogP contribution >= 0.6 is 0 Å². The third kappa shape index (κ3) is 3.37. The Labute approximate surface area is 112 Å². The van der Waals surface area contributed by atoms with E-state index in [2.05, 4.69) is 41.3 Å². The number of rotatable bonds is 3. The Hall–Kier alpha value is -2.23. The molecule has 0 bridgehead atoms. The first kappa shape index (κ1) is 13.2. The van der Waals surface area contributed by atoms with Crippen LogP contribution in [0, 0.1) is 20.8 Å². The van der Waals surface area contributed by atoms with Gasteiger partial charge in [0.15, 0.2) is 0 Å². The minimum Gasteiger partial charge on any atom is -0.294 e. The maximum absolute atomic E-state index is 11.9. The number of aromatic nitrogens is 2. The number of hydrogen-bond donors (Lipinski definition) is 1. The van der Waals surface area contributed by atoms with Crippen LogP contribution in [0.3, 0.4) is 0 Å². The normalized spacial score (nSPS) is 10.3. The van der Waals surface area contributed by atoms with Crippen molar-refractivity contribution in [1.82, 2.24) is 9.97 Å². The Balaban J connectivity index is 2.09. The van der Waals surface area contributed by atoms with Gasteiger partial charge in [-0.25, -0.2) is 9.97 Å². The van der Waals surface area contributed by atoms with E-state index in [9.17, 15) is 4.79 Å². The number of carbonyl (C=O) groups is 1. The van der Waals surface area contributed by atoms with Crippen LogP contribution in [0.2, 0.25) is 0 Å². The molecule has 19 heavy (non-hydrogen) atoms. The molecular formula is C15H17N3O. The van der Waals surface area contributed by atoms with Crippen LogP contribution in [0.5, 0.6) is 0 Å². The highest BCUT2D eigenvalue weighted by Crippen LogP contribution is 2.16. The number of nitrogens with one attached hydrogen (secondary N) is 1. The number of anilines is 1. The highest BCUT2D eigenvalue weighted by atomic mass is 16.1.